The SMILES string of the molecule is CC1(Oc2cc3c(-c4cc(N5CCC(CN6CCN(CC7CCN(c8cc9c(cc8F)C(=O)N(C8CCC(=O)NC8=O)C9)CC7)CC6)CC5)ncn4)n[nH]c3cc2F)CC1. The zero-order chi connectivity index (χ0) is 41.1. The number of piperazine rings is 1. The lowest BCUT2D eigenvalue weighted by Crippen LogP contribution is -2.52. The van der Waals surface area contributed by atoms with E-state index in [2.05, 4.69) is 45.1 Å². The van der Waals surface area contributed by atoms with Crippen LogP contribution >= 0.6 is 0 Å². The van der Waals surface area contributed by atoms with Crippen LogP contribution in [0.2, 0.25) is 0 Å². The number of benzene rings is 2. The molecule has 14 nitrogen and oxygen atoms in total. The van der Waals surface area contributed by atoms with Gasteiger partial charge < -0.3 is 29.2 Å². The van der Waals surface area contributed by atoms with Gasteiger partial charge >= 0.3 is 0 Å². The summed E-state index contributed by atoms with van der Waals surface area (Å²) in [6.07, 6.45) is 8.06. The molecule has 2 aromatic heterocycles. The van der Waals surface area contributed by atoms with Crippen LogP contribution in [0.3, 0.4) is 0 Å². The zero-order valence-electron chi connectivity index (χ0n) is 34.1. The van der Waals surface area contributed by atoms with Crippen molar-refractivity contribution >= 4 is 40.1 Å². The van der Waals surface area contributed by atoms with Gasteiger partial charge in [0.2, 0.25) is 11.8 Å². The van der Waals surface area contributed by atoms with Crippen LogP contribution in [0.4, 0.5) is 20.3 Å². The molecule has 1 unspecified atom stereocenters. The van der Waals surface area contributed by atoms with Gasteiger partial charge in [0.1, 0.15) is 35.3 Å². The quantitative estimate of drug-likeness (QED) is 0.214. The molecule has 2 N–H and O–H groups in total. The first-order valence-electron chi connectivity index (χ1n) is 21.7. The minimum Gasteiger partial charge on any atom is -0.484 e. The Labute approximate surface area is 347 Å². The van der Waals surface area contributed by atoms with Crippen molar-refractivity contribution < 1.29 is 27.9 Å². The van der Waals surface area contributed by atoms with Crippen molar-refractivity contribution in [3.8, 4) is 17.1 Å². The number of anilines is 2. The minimum atomic E-state index is -0.714. The first-order valence-corrected chi connectivity index (χ1v) is 21.7. The van der Waals surface area contributed by atoms with Crippen molar-refractivity contribution in [2.24, 2.45) is 11.8 Å². The Morgan fingerprint density at radius 1 is 0.800 bits per heavy atom. The molecule has 5 aliphatic heterocycles. The molecule has 1 saturated carbocycles. The number of carbonyl (C=O) groups excluding carboxylic acids is 3. The summed E-state index contributed by atoms with van der Waals surface area (Å²) in [6.45, 7) is 12.0. The highest BCUT2D eigenvalue weighted by Crippen LogP contribution is 2.42. The number of carbonyl (C=O) groups is 3. The van der Waals surface area contributed by atoms with Crippen molar-refractivity contribution in [2.45, 2.75) is 76.5 Å². The van der Waals surface area contributed by atoms with Gasteiger partial charge in [0.05, 0.1) is 16.9 Å². The van der Waals surface area contributed by atoms with Gasteiger partial charge in [-0.25, -0.2) is 18.7 Å². The molecule has 60 heavy (non-hydrogen) atoms. The summed E-state index contributed by atoms with van der Waals surface area (Å²) >= 11 is 0. The van der Waals surface area contributed by atoms with Crippen molar-refractivity contribution in [1.82, 2.24) is 40.2 Å². The number of nitrogens with one attached hydrogen (secondary N) is 2. The monoisotopic (exact) mass is 822 g/mol. The predicted octanol–water partition coefficient (Wildman–Crippen LogP) is 4.74. The number of hydrogen-bond acceptors (Lipinski definition) is 11. The molecular formula is C44H52F2N10O4. The van der Waals surface area contributed by atoms with Crippen LogP contribution < -0.4 is 19.9 Å². The number of aromatic nitrogens is 4. The highest BCUT2D eigenvalue weighted by molar-refractivity contribution is 6.05. The summed E-state index contributed by atoms with van der Waals surface area (Å²) in [5, 5.41) is 10.6. The largest absolute Gasteiger partial charge is 0.484 e. The van der Waals surface area contributed by atoms with E-state index in [-0.39, 0.29) is 42.6 Å². The molecule has 4 aromatic rings. The summed E-state index contributed by atoms with van der Waals surface area (Å²) in [6, 6.07) is 7.57. The number of amides is 3. The van der Waals surface area contributed by atoms with Crippen LogP contribution in [0.15, 0.2) is 36.7 Å². The molecule has 0 bridgehead atoms. The molecule has 6 aliphatic rings. The maximum absolute atomic E-state index is 15.5. The molecule has 16 heteroatoms. The molecule has 5 fully saturated rings. The molecule has 0 radical (unpaired) electrons. The summed E-state index contributed by atoms with van der Waals surface area (Å²) in [5.41, 5.74) is 3.23. The van der Waals surface area contributed by atoms with E-state index in [1.165, 1.54) is 17.0 Å². The Bertz CT molecular complexity index is 2310. The van der Waals surface area contributed by atoms with E-state index >= 15 is 4.39 Å². The lowest BCUT2D eigenvalue weighted by atomic mass is 9.94. The highest BCUT2D eigenvalue weighted by atomic mass is 19.1. The van der Waals surface area contributed by atoms with Crippen molar-refractivity contribution in [3.63, 3.8) is 0 Å². The minimum absolute atomic E-state index is 0.187. The number of fused-ring (bicyclic) bond motifs is 2. The zero-order valence-corrected chi connectivity index (χ0v) is 34.1. The van der Waals surface area contributed by atoms with E-state index in [9.17, 15) is 18.8 Å². The fraction of sp³-hybridized carbons (Fsp3) is 0.545. The first kappa shape index (κ1) is 38.9. The fourth-order valence-corrected chi connectivity index (χ4v) is 9.89. The molecule has 4 saturated heterocycles. The van der Waals surface area contributed by atoms with E-state index in [0.717, 1.165) is 121 Å². The van der Waals surface area contributed by atoms with Crippen LogP contribution in [0, 0.1) is 23.5 Å². The van der Waals surface area contributed by atoms with Crippen LogP contribution in [0.1, 0.15) is 74.2 Å². The van der Waals surface area contributed by atoms with Gasteiger partial charge in [-0.3, -0.25) is 24.8 Å². The highest BCUT2D eigenvalue weighted by Gasteiger charge is 2.42. The molecule has 2 aromatic carbocycles. The number of imide groups is 1. The molecule has 1 atom stereocenters. The van der Waals surface area contributed by atoms with Gasteiger partial charge in [0.15, 0.2) is 11.6 Å². The van der Waals surface area contributed by atoms with Crippen LogP contribution in [0.5, 0.6) is 5.75 Å². The number of piperidine rings is 3. The van der Waals surface area contributed by atoms with Crippen molar-refractivity contribution in [2.75, 3.05) is 75.2 Å². The van der Waals surface area contributed by atoms with Gasteiger partial charge in [0, 0.05) is 101 Å². The van der Waals surface area contributed by atoms with Gasteiger partial charge in [-0.2, -0.15) is 5.10 Å². The number of rotatable bonds is 10. The number of halogens is 2. The summed E-state index contributed by atoms with van der Waals surface area (Å²) in [7, 11) is 0. The van der Waals surface area contributed by atoms with Gasteiger partial charge in [-0.15, -0.1) is 0 Å². The molecule has 1 aliphatic carbocycles. The Morgan fingerprint density at radius 3 is 2.15 bits per heavy atom. The Morgan fingerprint density at radius 2 is 1.48 bits per heavy atom. The average Bonchev–Trinajstić information content (AvgIpc) is 3.71. The summed E-state index contributed by atoms with van der Waals surface area (Å²) in [4.78, 5) is 57.5. The number of H-pyrrole nitrogens is 1. The Hall–Kier alpha value is -5.22. The fourth-order valence-electron chi connectivity index (χ4n) is 9.89. The van der Waals surface area contributed by atoms with Crippen LogP contribution in [0.25, 0.3) is 22.3 Å². The second kappa shape index (κ2) is 15.7. The average molecular weight is 823 g/mol. The Balaban J connectivity index is 0.671. The maximum Gasteiger partial charge on any atom is 0.255 e. The van der Waals surface area contributed by atoms with E-state index in [4.69, 9.17) is 4.74 Å². The molecule has 10 rings (SSSR count). The molecule has 0 spiro atoms. The van der Waals surface area contributed by atoms with Crippen molar-refractivity contribution in [3.05, 3.63) is 59.4 Å². The molecular weight excluding hydrogens is 771 g/mol. The number of hydrogen-bond donors (Lipinski definition) is 2. The smallest absolute Gasteiger partial charge is 0.255 e. The van der Waals surface area contributed by atoms with E-state index in [1.807, 2.05) is 13.0 Å². The van der Waals surface area contributed by atoms with Gasteiger partial charge in [-0.1, -0.05) is 0 Å². The summed E-state index contributed by atoms with van der Waals surface area (Å²) in [5.74, 6) is 0.365. The number of aromatic amines is 1. The third kappa shape index (κ3) is 7.79. The predicted molar refractivity (Wildman–Crippen MR) is 221 cm³/mol. The van der Waals surface area contributed by atoms with E-state index in [1.54, 1.807) is 18.5 Å². The molecule has 7 heterocycles. The first-order chi connectivity index (χ1) is 29.1. The second-order valence-electron chi connectivity index (χ2n) is 18.0. The molecule has 3 amide bonds. The molecule has 316 valence electrons. The second-order valence-corrected chi connectivity index (χ2v) is 18.0. The third-order valence-electron chi connectivity index (χ3n) is 13.8. The third-order valence-corrected chi connectivity index (χ3v) is 13.8. The maximum atomic E-state index is 15.5. The van der Waals surface area contributed by atoms with E-state index in [0.29, 0.717) is 40.0 Å². The van der Waals surface area contributed by atoms with Crippen molar-refractivity contribution in [1.29, 1.82) is 0 Å². The number of nitrogens with zero attached hydrogens (tertiary/aromatic N) is 8. The Kier molecular flexibility index (Phi) is 10.2. The van der Waals surface area contributed by atoms with Gasteiger partial charge in [-0.05, 0) is 87.5 Å². The van der Waals surface area contributed by atoms with Crippen LogP contribution in [-0.4, -0.2) is 130 Å². The topological polar surface area (TPSA) is 143 Å². The van der Waals surface area contributed by atoms with E-state index < -0.39 is 23.6 Å². The normalized spacial score (nSPS) is 23.1. The van der Waals surface area contributed by atoms with Gasteiger partial charge in [0.25, 0.3) is 5.91 Å². The standard InChI is InChI=1S/C44H52F2N10O4/c1-44(8-9-44)60-38-20-31-34(21-33(38)46)50-51-41(31)35-22-39(48-26-47-35)55-12-6-28(7-13-55)24-53-16-14-52(15-17-53)23-27-4-10-54(11-5-27)37-18-29-25-56(43(59)30(29)19-32(37)45)36-2-3-40(57)49-42(36)58/h18-22,26-28,36H,2-17,23-25H2,1H3,(H,50,51)(H,49,57,58). The lowest BCUT2D eigenvalue weighted by Gasteiger charge is -2.41. The number of ether oxygens (including phenoxy) is 1. The lowest BCUT2D eigenvalue weighted by molar-refractivity contribution is -0.136. The summed E-state index contributed by atoms with van der Waals surface area (Å²) < 4.78 is 36.2. The van der Waals surface area contributed by atoms with Crippen LogP contribution in [-0.2, 0) is 16.1 Å².